The van der Waals surface area contributed by atoms with Crippen LogP contribution in [0.15, 0.2) is 100 Å². The number of anilines is 1. The highest BCUT2D eigenvalue weighted by Gasteiger charge is 2.34. The third-order valence-corrected chi connectivity index (χ3v) is 8.85. The molecule has 11 heteroatoms. The van der Waals surface area contributed by atoms with Gasteiger partial charge in [-0.3, -0.25) is 9.59 Å². The molecule has 1 atom stereocenters. The average Bonchev–Trinajstić information content (AvgIpc) is 3.35. The van der Waals surface area contributed by atoms with E-state index in [9.17, 15) is 18.0 Å². The second-order valence-electron chi connectivity index (χ2n) is 8.25. The number of amides is 1. The minimum atomic E-state index is -4.15. The molecule has 1 aromatic heterocycles. The summed E-state index contributed by atoms with van der Waals surface area (Å²) in [7, 11) is -4.15. The van der Waals surface area contributed by atoms with Crippen LogP contribution in [0.4, 0.5) is 5.69 Å². The summed E-state index contributed by atoms with van der Waals surface area (Å²) in [5.74, 6) is -0.190. The molecule has 0 radical (unpaired) electrons. The zero-order valence-electron chi connectivity index (χ0n) is 19.2. The molecule has 37 heavy (non-hydrogen) atoms. The van der Waals surface area contributed by atoms with Gasteiger partial charge in [-0.2, -0.15) is 0 Å². The number of carbonyl (C=O) groups is 2. The normalized spacial score (nSPS) is 17.1. The Hall–Kier alpha value is -3.70. The van der Waals surface area contributed by atoms with Crippen molar-refractivity contribution in [3.63, 3.8) is 0 Å². The van der Waals surface area contributed by atoms with Gasteiger partial charge in [-0.1, -0.05) is 54.1 Å². The molecule has 0 saturated carbocycles. The summed E-state index contributed by atoms with van der Waals surface area (Å²) in [4.78, 5) is 27.7. The number of nitrogens with one attached hydrogen (secondary N) is 3. The Morgan fingerprint density at radius 1 is 1.05 bits per heavy atom. The Balaban J connectivity index is 1.63. The van der Waals surface area contributed by atoms with Crippen LogP contribution in [-0.4, -0.2) is 25.6 Å². The molecule has 5 rings (SSSR count). The minimum Gasteiger partial charge on any atom is -0.380 e. The third-order valence-electron chi connectivity index (χ3n) is 5.82. The Labute approximate surface area is 223 Å². The lowest BCUT2D eigenvalue weighted by atomic mass is 9.86. The number of fused-ring (bicyclic) bond motifs is 1. The van der Waals surface area contributed by atoms with E-state index >= 15 is 0 Å². The van der Waals surface area contributed by atoms with Crippen LogP contribution in [0.25, 0.3) is 6.08 Å². The number of sulfonamides is 1. The number of rotatable bonds is 8. The molecule has 0 fully saturated rings. The first kappa shape index (κ1) is 25.0. The predicted molar refractivity (Wildman–Crippen MR) is 144 cm³/mol. The molecule has 2 aliphatic rings. The van der Waals surface area contributed by atoms with Crippen molar-refractivity contribution >= 4 is 56.9 Å². The predicted octanol–water partition coefficient (Wildman–Crippen LogP) is 4.59. The number of benzene rings is 2. The maximum atomic E-state index is 13.2. The summed E-state index contributed by atoms with van der Waals surface area (Å²) in [5.41, 5.74) is 3.54. The quantitative estimate of drug-likeness (QED) is 0.279. The first-order valence-corrected chi connectivity index (χ1v) is 13.9. The van der Waals surface area contributed by atoms with Crippen LogP contribution >= 0.6 is 22.9 Å². The van der Waals surface area contributed by atoms with Gasteiger partial charge >= 0.3 is 0 Å². The van der Waals surface area contributed by atoms with Crippen LogP contribution in [0, 0.1) is 0 Å². The van der Waals surface area contributed by atoms with Crippen molar-refractivity contribution in [3.8, 4) is 0 Å². The summed E-state index contributed by atoms with van der Waals surface area (Å²) < 4.78 is 26.5. The molecule has 8 nitrogen and oxygen atoms in total. The largest absolute Gasteiger partial charge is 0.380 e. The highest BCUT2D eigenvalue weighted by molar-refractivity contribution is 7.91. The van der Waals surface area contributed by atoms with E-state index in [0.29, 0.717) is 27.7 Å². The van der Waals surface area contributed by atoms with Gasteiger partial charge in [0.25, 0.3) is 10.0 Å². The van der Waals surface area contributed by atoms with E-state index < -0.39 is 16.1 Å². The van der Waals surface area contributed by atoms with E-state index in [1.165, 1.54) is 18.2 Å². The zero-order valence-corrected chi connectivity index (χ0v) is 21.6. The molecule has 3 aromatic rings. The van der Waals surface area contributed by atoms with E-state index in [2.05, 4.69) is 15.5 Å². The lowest BCUT2D eigenvalue weighted by molar-refractivity contribution is -0.118. The van der Waals surface area contributed by atoms with Crippen LogP contribution < -0.4 is 15.5 Å². The molecule has 0 spiro atoms. The summed E-state index contributed by atoms with van der Waals surface area (Å²) in [6.45, 7) is 0. The molecule has 2 heterocycles. The van der Waals surface area contributed by atoms with Gasteiger partial charge < -0.3 is 10.6 Å². The minimum absolute atomic E-state index is 0.0518. The van der Waals surface area contributed by atoms with Gasteiger partial charge in [-0.05, 0) is 53.7 Å². The number of thiophene rings is 1. The van der Waals surface area contributed by atoms with Gasteiger partial charge in [-0.25, -0.2) is 13.4 Å². The maximum Gasteiger partial charge on any atom is 0.267 e. The molecule has 1 aliphatic heterocycles. The highest BCUT2D eigenvalue weighted by atomic mass is 35.5. The number of allylic oxidation sites excluding steroid dienone is 2. The van der Waals surface area contributed by atoms with E-state index in [1.807, 2.05) is 60.7 Å². The number of hydrazine groups is 1. The lowest BCUT2D eigenvalue weighted by Crippen LogP contribution is -2.44. The van der Waals surface area contributed by atoms with Crippen LogP contribution in [0.2, 0.25) is 4.34 Å². The number of nitrogens with zero attached hydrogens (tertiary/aromatic N) is 1. The lowest BCUT2D eigenvalue weighted by Gasteiger charge is -2.34. The summed E-state index contributed by atoms with van der Waals surface area (Å²) in [5, 5.41) is 7.37. The van der Waals surface area contributed by atoms with E-state index in [-0.39, 0.29) is 22.1 Å². The van der Waals surface area contributed by atoms with Crippen molar-refractivity contribution in [2.45, 2.75) is 16.7 Å². The smallest absolute Gasteiger partial charge is 0.267 e. The first-order valence-electron chi connectivity index (χ1n) is 11.2. The van der Waals surface area contributed by atoms with Gasteiger partial charge in [-0.15, -0.1) is 16.2 Å². The third kappa shape index (κ3) is 5.23. The Morgan fingerprint density at radius 3 is 2.54 bits per heavy atom. The van der Waals surface area contributed by atoms with Crippen LogP contribution in [0.5, 0.6) is 0 Å². The van der Waals surface area contributed by atoms with Gasteiger partial charge in [0.15, 0.2) is 5.78 Å². The Kier molecular flexibility index (Phi) is 6.98. The number of halogens is 1. The molecule has 3 N–H and O–H groups in total. The van der Waals surface area contributed by atoms with Crippen molar-refractivity contribution in [2.75, 3.05) is 5.32 Å². The second-order valence-corrected chi connectivity index (χ2v) is 11.9. The average molecular weight is 553 g/mol. The monoisotopic (exact) mass is 552 g/mol. The number of hydrogen-bond donors (Lipinski definition) is 3. The number of carbonyl (C=O) groups excluding carboxylic acids is 2. The van der Waals surface area contributed by atoms with Crippen molar-refractivity contribution in [2.24, 2.45) is 0 Å². The van der Waals surface area contributed by atoms with Crippen molar-refractivity contribution in [3.05, 3.63) is 111 Å². The van der Waals surface area contributed by atoms with Gasteiger partial charge in [0.05, 0.1) is 22.5 Å². The van der Waals surface area contributed by atoms with E-state index in [0.717, 1.165) is 27.5 Å². The second kappa shape index (κ2) is 10.3. The van der Waals surface area contributed by atoms with Crippen LogP contribution in [-0.2, 0) is 19.6 Å². The van der Waals surface area contributed by atoms with E-state index in [4.69, 9.17) is 11.6 Å². The summed E-state index contributed by atoms with van der Waals surface area (Å²) in [6, 6.07) is 19.1. The van der Waals surface area contributed by atoms with Gasteiger partial charge in [0, 0.05) is 17.0 Å². The highest BCUT2D eigenvalue weighted by Crippen LogP contribution is 2.38. The molecule has 2 aromatic carbocycles. The fourth-order valence-electron chi connectivity index (χ4n) is 4.27. The van der Waals surface area contributed by atoms with Gasteiger partial charge in [0.1, 0.15) is 4.21 Å². The molecule has 188 valence electrons. The van der Waals surface area contributed by atoms with Crippen molar-refractivity contribution in [1.82, 2.24) is 15.2 Å². The fourth-order valence-corrected chi connectivity index (χ4v) is 6.74. The summed E-state index contributed by atoms with van der Waals surface area (Å²) in [6.07, 6.45) is 5.44. The van der Waals surface area contributed by atoms with Gasteiger partial charge in [0.2, 0.25) is 6.41 Å². The molecule has 1 aliphatic carbocycles. The molecule has 1 amide bonds. The molecule has 0 saturated heterocycles. The Morgan fingerprint density at radius 2 is 1.81 bits per heavy atom. The van der Waals surface area contributed by atoms with Crippen molar-refractivity contribution in [1.29, 1.82) is 0 Å². The number of hydrogen-bond acceptors (Lipinski definition) is 7. The maximum absolute atomic E-state index is 13.2. The van der Waals surface area contributed by atoms with Crippen LogP contribution in [0.1, 0.15) is 23.6 Å². The Bertz CT molecular complexity index is 1560. The topological polar surface area (TPSA) is 108 Å². The number of ketones is 1. The molecular weight excluding hydrogens is 532 g/mol. The SMILES string of the molecule is O=CN(NS(=O)(=O)c1ccc(Cl)s1)C1=C(Nc2ccccc2)CC(=O)C=C1C1NC=Cc2ccccc21. The fraction of sp³-hybridized carbons (Fsp3) is 0.0769. The van der Waals surface area contributed by atoms with Crippen LogP contribution in [0.3, 0.4) is 0 Å². The first-order chi connectivity index (χ1) is 17.9. The molecule has 0 bridgehead atoms. The summed E-state index contributed by atoms with van der Waals surface area (Å²) >= 11 is 6.82. The molecule has 1 unspecified atom stereocenters. The van der Waals surface area contributed by atoms with Crippen molar-refractivity contribution < 1.29 is 18.0 Å². The standard InChI is InChI=1S/C26H21ClN4O4S2/c27-23-10-11-24(36-23)37(34,35)30-31(16-32)26-21(25-20-9-5-4-6-17(20)12-13-28-25)14-19(33)15-22(26)29-18-7-2-1-3-8-18/h1-14,16,25,28-30H,15H2. The van der Waals surface area contributed by atoms with E-state index in [1.54, 1.807) is 6.20 Å². The molecular formula is C26H21ClN4O4S2. The number of para-hydroxylation sites is 1. The zero-order chi connectivity index (χ0) is 26.0.